The number of aromatic nitrogens is 1. The highest BCUT2D eigenvalue weighted by molar-refractivity contribution is 5.95. The lowest BCUT2D eigenvalue weighted by Gasteiger charge is -2.34. The Kier molecular flexibility index (Phi) is 6.01. The third kappa shape index (κ3) is 4.19. The monoisotopic (exact) mass is 425 g/mol. The average Bonchev–Trinajstić information content (AvgIpc) is 3.25. The van der Waals surface area contributed by atoms with Crippen molar-refractivity contribution in [2.24, 2.45) is 5.41 Å². The molecular weight excluding hydrogens is 390 g/mol. The standard InChI is InChI=1S/C29H35N3/c1-3-5-7-23-8-11-24(12-9-23)26-19-28(25-13-10-22(4-2)18-27(25)31-26)32-17-15-29(21-32)14-6-16-30-20-29/h3,8-13,18-19,30H,1,4-7,14-17,20-21H2,2H3. The van der Waals surface area contributed by atoms with Gasteiger partial charge in [-0.05, 0) is 68.3 Å². The largest absolute Gasteiger partial charge is 0.370 e. The summed E-state index contributed by atoms with van der Waals surface area (Å²) < 4.78 is 0. The van der Waals surface area contributed by atoms with Gasteiger partial charge in [-0.15, -0.1) is 6.58 Å². The maximum absolute atomic E-state index is 5.13. The van der Waals surface area contributed by atoms with Crippen molar-refractivity contribution in [2.45, 2.75) is 45.4 Å². The van der Waals surface area contributed by atoms with Crippen LogP contribution in [0.15, 0.2) is 61.2 Å². The van der Waals surface area contributed by atoms with Gasteiger partial charge in [-0.25, -0.2) is 4.98 Å². The van der Waals surface area contributed by atoms with E-state index in [2.05, 4.69) is 72.3 Å². The van der Waals surface area contributed by atoms with Crippen molar-refractivity contribution < 1.29 is 0 Å². The Morgan fingerprint density at radius 3 is 2.69 bits per heavy atom. The summed E-state index contributed by atoms with van der Waals surface area (Å²) in [7, 11) is 0. The first-order chi connectivity index (χ1) is 15.7. The van der Waals surface area contributed by atoms with E-state index in [0.29, 0.717) is 5.41 Å². The molecule has 5 rings (SSSR count). The smallest absolute Gasteiger partial charge is 0.0733 e. The van der Waals surface area contributed by atoms with Crippen LogP contribution in [-0.4, -0.2) is 31.2 Å². The van der Waals surface area contributed by atoms with Crippen molar-refractivity contribution in [1.29, 1.82) is 0 Å². The zero-order valence-electron chi connectivity index (χ0n) is 19.4. The van der Waals surface area contributed by atoms with Gasteiger partial charge < -0.3 is 10.2 Å². The molecule has 0 bridgehead atoms. The highest BCUT2D eigenvalue weighted by Crippen LogP contribution is 2.41. The zero-order valence-corrected chi connectivity index (χ0v) is 19.4. The number of hydrogen-bond acceptors (Lipinski definition) is 3. The molecule has 2 saturated heterocycles. The van der Waals surface area contributed by atoms with Gasteiger partial charge in [0, 0.05) is 41.7 Å². The van der Waals surface area contributed by atoms with Crippen molar-refractivity contribution in [1.82, 2.24) is 10.3 Å². The lowest BCUT2D eigenvalue weighted by molar-refractivity contribution is 0.239. The molecule has 3 heterocycles. The number of fused-ring (bicyclic) bond motifs is 1. The molecular formula is C29H35N3. The highest BCUT2D eigenvalue weighted by atomic mass is 15.2. The predicted molar refractivity (Wildman–Crippen MR) is 136 cm³/mol. The molecule has 1 aromatic heterocycles. The molecule has 0 radical (unpaired) electrons. The predicted octanol–water partition coefficient (Wildman–Crippen LogP) is 6.16. The van der Waals surface area contributed by atoms with E-state index in [9.17, 15) is 0 Å². The molecule has 3 aromatic rings. The van der Waals surface area contributed by atoms with Gasteiger partial charge in [-0.1, -0.05) is 49.4 Å². The summed E-state index contributed by atoms with van der Waals surface area (Å²) in [5.41, 5.74) is 7.89. The Hall–Kier alpha value is -2.65. The highest BCUT2D eigenvalue weighted by Gasteiger charge is 2.39. The van der Waals surface area contributed by atoms with E-state index >= 15 is 0 Å². The average molecular weight is 426 g/mol. The van der Waals surface area contributed by atoms with Gasteiger partial charge in [0.25, 0.3) is 0 Å². The van der Waals surface area contributed by atoms with Crippen molar-refractivity contribution in [2.75, 3.05) is 31.1 Å². The maximum Gasteiger partial charge on any atom is 0.0733 e. The van der Waals surface area contributed by atoms with Crippen molar-refractivity contribution in [3.05, 3.63) is 72.3 Å². The van der Waals surface area contributed by atoms with Crippen LogP contribution in [0.3, 0.4) is 0 Å². The number of anilines is 1. The first-order valence-corrected chi connectivity index (χ1v) is 12.3. The van der Waals surface area contributed by atoms with E-state index < -0.39 is 0 Å². The first kappa shape index (κ1) is 21.2. The molecule has 1 N–H and O–H groups in total. The second-order valence-corrected chi connectivity index (χ2v) is 9.71. The number of benzene rings is 2. The minimum atomic E-state index is 0.435. The topological polar surface area (TPSA) is 28.2 Å². The van der Waals surface area contributed by atoms with Crippen molar-refractivity contribution in [3.63, 3.8) is 0 Å². The van der Waals surface area contributed by atoms with Crippen LogP contribution >= 0.6 is 0 Å². The molecule has 3 heteroatoms. The van der Waals surface area contributed by atoms with Crippen LogP contribution in [0.4, 0.5) is 5.69 Å². The van der Waals surface area contributed by atoms with Crippen LogP contribution in [0, 0.1) is 5.41 Å². The fraction of sp³-hybridized carbons (Fsp3) is 0.414. The number of pyridine rings is 1. The Balaban J connectivity index is 1.53. The van der Waals surface area contributed by atoms with Crippen molar-refractivity contribution >= 4 is 16.6 Å². The molecule has 1 unspecified atom stereocenters. The minimum absolute atomic E-state index is 0.435. The SMILES string of the molecule is C=CCCc1ccc(-c2cc(N3CCC4(CCCNC4)C3)c3ccc(CC)cc3n2)cc1. The lowest BCUT2D eigenvalue weighted by Crippen LogP contribution is -2.41. The second kappa shape index (κ2) is 9.07. The van der Waals surface area contributed by atoms with Crippen LogP contribution in [0.1, 0.15) is 43.7 Å². The van der Waals surface area contributed by atoms with Crippen molar-refractivity contribution in [3.8, 4) is 11.3 Å². The molecule has 166 valence electrons. The summed E-state index contributed by atoms with van der Waals surface area (Å²) in [6, 6.07) is 18.1. The molecule has 2 aliphatic heterocycles. The molecule has 2 aromatic carbocycles. The maximum atomic E-state index is 5.13. The summed E-state index contributed by atoms with van der Waals surface area (Å²) in [6.07, 6.45) is 9.01. The molecule has 3 nitrogen and oxygen atoms in total. The lowest BCUT2D eigenvalue weighted by atomic mass is 9.80. The normalized spacial score (nSPS) is 20.8. The molecule has 0 aliphatic carbocycles. The quantitative estimate of drug-likeness (QED) is 0.479. The number of aryl methyl sites for hydroxylation is 2. The van der Waals surface area contributed by atoms with Gasteiger partial charge in [-0.3, -0.25) is 0 Å². The Bertz CT molecular complexity index is 1090. The summed E-state index contributed by atoms with van der Waals surface area (Å²) in [4.78, 5) is 7.76. The van der Waals surface area contributed by atoms with Crippen LogP contribution in [0.5, 0.6) is 0 Å². The van der Waals surface area contributed by atoms with Crippen LogP contribution in [0.2, 0.25) is 0 Å². The Morgan fingerprint density at radius 1 is 1.09 bits per heavy atom. The van der Waals surface area contributed by atoms with Crippen LogP contribution in [0.25, 0.3) is 22.2 Å². The number of nitrogens with zero attached hydrogens (tertiary/aromatic N) is 2. The Labute approximate surface area is 192 Å². The molecule has 32 heavy (non-hydrogen) atoms. The molecule has 2 fully saturated rings. The van der Waals surface area contributed by atoms with Gasteiger partial charge in [-0.2, -0.15) is 0 Å². The summed E-state index contributed by atoms with van der Waals surface area (Å²) in [6.45, 7) is 10.7. The number of allylic oxidation sites excluding steroid dienone is 1. The zero-order chi connectivity index (χ0) is 22.0. The number of piperidine rings is 1. The fourth-order valence-corrected chi connectivity index (χ4v) is 5.52. The van der Waals surface area contributed by atoms with E-state index in [4.69, 9.17) is 4.98 Å². The summed E-state index contributed by atoms with van der Waals surface area (Å²) >= 11 is 0. The van der Waals surface area contributed by atoms with E-state index in [1.54, 1.807) is 0 Å². The first-order valence-electron chi connectivity index (χ1n) is 12.3. The fourth-order valence-electron chi connectivity index (χ4n) is 5.52. The molecule has 1 spiro atoms. The molecule has 1 atom stereocenters. The van der Waals surface area contributed by atoms with Gasteiger partial charge in [0.05, 0.1) is 11.2 Å². The third-order valence-corrected chi connectivity index (χ3v) is 7.49. The van der Waals surface area contributed by atoms with E-state index in [1.807, 2.05) is 6.08 Å². The number of hydrogen-bond donors (Lipinski definition) is 1. The van der Waals surface area contributed by atoms with Crippen LogP contribution < -0.4 is 10.2 Å². The van der Waals surface area contributed by atoms with E-state index in [1.165, 1.54) is 53.6 Å². The van der Waals surface area contributed by atoms with Crippen LogP contribution in [-0.2, 0) is 12.8 Å². The number of nitrogens with one attached hydrogen (secondary N) is 1. The van der Waals surface area contributed by atoms with Gasteiger partial charge >= 0.3 is 0 Å². The summed E-state index contributed by atoms with van der Waals surface area (Å²) in [5.74, 6) is 0. The van der Waals surface area contributed by atoms with Gasteiger partial charge in [0.15, 0.2) is 0 Å². The van der Waals surface area contributed by atoms with E-state index in [-0.39, 0.29) is 0 Å². The molecule has 2 aliphatic rings. The Morgan fingerprint density at radius 2 is 1.94 bits per heavy atom. The minimum Gasteiger partial charge on any atom is -0.370 e. The molecule has 0 amide bonds. The third-order valence-electron chi connectivity index (χ3n) is 7.49. The number of rotatable bonds is 6. The molecule has 0 saturated carbocycles. The summed E-state index contributed by atoms with van der Waals surface area (Å²) in [5, 5.41) is 4.94. The van der Waals surface area contributed by atoms with Gasteiger partial charge in [0.1, 0.15) is 0 Å². The second-order valence-electron chi connectivity index (χ2n) is 9.71. The van der Waals surface area contributed by atoms with E-state index in [0.717, 1.165) is 50.1 Å². The van der Waals surface area contributed by atoms with Gasteiger partial charge in [0.2, 0.25) is 0 Å².